The molecule has 0 saturated heterocycles. The number of fused-ring (bicyclic) bond motifs is 2. The van der Waals surface area contributed by atoms with Crippen molar-refractivity contribution in [3.05, 3.63) is 155 Å². The Morgan fingerprint density at radius 2 is 0.923 bits per heavy atom. The molecule has 0 radical (unpaired) electrons. The summed E-state index contributed by atoms with van der Waals surface area (Å²) in [6.07, 6.45) is 1.06. The van der Waals surface area contributed by atoms with Crippen molar-refractivity contribution in [1.82, 2.24) is 9.80 Å². The molecule has 2 aliphatic heterocycles. The van der Waals surface area contributed by atoms with Crippen LogP contribution in [-0.4, -0.2) is 56.6 Å². The van der Waals surface area contributed by atoms with E-state index in [2.05, 4.69) is 0 Å². The van der Waals surface area contributed by atoms with E-state index in [4.69, 9.17) is 12.6 Å². The molecule has 4 aromatic rings. The maximum atomic E-state index is 14.0. The van der Waals surface area contributed by atoms with Gasteiger partial charge in [-0.3, -0.25) is 29.0 Å². The maximum Gasteiger partial charge on any atom is 1.00 e. The molecule has 2 heterocycles. The fourth-order valence-electron chi connectivity index (χ4n) is 4.49. The number of halogens is 7. The van der Waals surface area contributed by atoms with E-state index in [0.717, 1.165) is 9.80 Å². The third kappa shape index (κ3) is 10.9. The van der Waals surface area contributed by atoms with Gasteiger partial charge in [-0.1, -0.05) is 72.8 Å². The van der Waals surface area contributed by atoms with Crippen molar-refractivity contribution in [2.45, 2.75) is 19.9 Å². The number of imide groups is 2. The standard InChI is InChI=1S/C18H12F3NO2S.C12H7BrF3NO2.C6H6S.Na/c19-15(18(20,21)25-12-6-2-1-3-7-12)10-11-22-16(23)13-8-4-5-9-14(13)17(22)24;13-12(15,16)9(14)5-6-17-10(18)7-3-1-2-4-8(7)11(17)19;7-6-4-2-1-3-5-6;/h1-10H,11H2;1-5H,6H2;1-5,7H;/q;;;+1/p-1/b15-10-;9-5-;;. The van der Waals surface area contributed by atoms with Crippen LogP contribution in [0.25, 0.3) is 0 Å². The zero-order valence-corrected chi connectivity index (χ0v) is 32.2. The van der Waals surface area contributed by atoms with Gasteiger partial charge in [0.15, 0.2) is 11.7 Å². The van der Waals surface area contributed by atoms with Crippen LogP contribution in [0.15, 0.2) is 143 Å². The molecule has 0 unspecified atom stereocenters. The first-order valence-electron chi connectivity index (χ1n) is 14.6. The van der Waals surface area contributed by atoms with Crippen LogP contribution in [-0.2, 0) is 12.6 Å². The van der Waals surface area contributed by atoms with Gasteiger partial charge in [-0.25, -0.2) is 8.78 Å². The second-order valence-electron chi connectivity index (χ2n) is 10.4. The van der Waals surface area contributed by atoms with E-state index in [1.807, 2.05) is 46.3 Å². The molecule has 6 nitrogen and oxygen atoms in total. The monoisotopic (exact) mass is 828 g/mol. The van der Waals surface area contributed by atoms with Gasteiger partial charge in [-0.15, -0.1) is 0 Å². The Hall–Kier alpha value is -3.73. The minimum absolute atomic E-state index is 0. The van der Waals surface area contributed by atoms with Crippen molar-refractivity contribution < 1.29 is 75.1 Å². The molecule has 6 rings (SSSR count). The van der Waals surface area contributed by atoms with Crippen LogP contribution in [0.2, 0.25) is 0 Å². The number of amides is 4. The summed E-state index contributed by atoms with van der Waals surface area (Å²) in [6.45, 7) is -1.09. The summed E-state index contributed by atoms with van der Waals surface area (Å²) in [4.78, 5) is 46.7. The summed E-state index contributed by atoms with van der Waals surface area (Å²) in [5, 5.41) is -3.79. The number of thioether (sulfide) groups is 1. The summed E-state index contributed by atoms with van der Waals surface area (Å²) < 4.78 is 79.9. The van der Waals surface area contributed by atoms with Gasteiger partial charge in [0.25, 0.3) is 23.6 Å². The van der Waals surface area contributed by atoms with Crippen LogP contribution in [0.5, 0.6) is 0 Å². The number of nitrogens with zero attached hydrogens (tertiary/aromatic N) is 2. The average Bonchev–Trinajstić information content (AvgIpc) is 3.50. The first kappa shape index (κ1) is 42.7. The van der Waals surface area contributed by atoms with Gasteiger partial charge in [0.05, 0.1) is 35.3 Å². The Morgan fingerprint density at radius 3 is 1.25 bits per heavy atom. The zero-order valence-electron chi connectivity index (χ0n) is 27.0. The first-order valence-corrected chi connectivity index (χ1v) is 16.7. The van der Waals surface area contributed by atoms with Crippen molar-refractivity contribution in [2.75, 3.05) is 13.1 Å². The van der Waals surface area contributed by atoms with Crippen molar-refractivity contribution in [2.24, 2.45) is 0 Å². The number of benzene rings is 4. The predicted octanol–water partition coefficient (Wildman–Crippen LogP) is 6.24. The Bertz CT molecular complexity index is 1910. The van der Waals surface area contributed by atoms with E-state index in [1.54, 1.807) is 42.5 Å². The fourth-order valence-corrected chi connectivity index (χ4v) is 5.58. The van der Waals surface area contributed by atoms with Gasteiger partial charge in [0.1, 0.15) is 0 Å². The van der Waals surface area contributed by atoms with E-state index in [0.29, 0.717) is 17.1 Å². The van der Waals surface area contributed by atoms with Crippen LogP contribution >= 0.6 is 27.7 Å². The van der Waals surface area contributed by atoms with Crippen molar-refractivity contribution in [1.29, 1.82) is 0 Å². The SMILES string of the molecule is O=C1c2ccccc2C(=O)N1C/C=C(\F)C(F)(F)Br.O=C1c2ccccc2C(=O)N1C/C=C(\F)C(F)(F)Sc1ccccc1.[Na+].[S-]c1ccccc1. The van der Waals surface area contributed by atoms with Gasteiger partial charge >= 0.3 is 39.6 Å². The predicted molar refractivity (Wildman–Crippen MR) is 185 cm³/mol. The number of alkyl halides is 5. The van der Waals surface area contributed by atoms with E-state index >= 15 is 0 Å². The fraction of sp³-hybridized carbons (Fsp3) is 0.111. The number of carbonyl (C=O) groups excluding carboxylic acids is 4. The second kappa shape index (κ2) is 18.9. The molecule has 2 aliphatic rings. The van der Waals surface area contributed by atoms with Crippen LogP contribution in [0, 0.1) is 0 Å². The number of carbonyl (C=O) groups is 4. The van der Waals surface area contributed by atoms with Crippen molar-refractivity contribution in [3.8, 4) is 0 Å². The van der Waals surface area contributed by atoms with E-state index < -0.39 is 58.5 Å². The average molecular weight is 830 g/mol. The third-order valence-electron chi connectivity index (χ3n) is 6.94. The van der Waals surface area contributed by atoms with Crippen LogP contribution in [0.3, 0.4) is 0 Å². The number of rotatable bonds is 8. The Balaban J connectivity index is 0.000000238. The van der Waals surface area contributed by atoms with Gasteiger partial charge in [-0.2, -0.15) is 22.5 Å². The van der Waals surface area contributed by atoms with E-state index in [9.17, 15) is 45.5 Å². The molecule has 4 aromatic carbocycles. The molecule has 0 fully saturated rings. The van der Waals surface area contributed by atoms with E-state index in [-0.39, 0.29) is 68.5 Å². The minimum Gasteiger partial charge on any atom is -0.780 e. The van der Waals surface area contributed by atoms with Crippen LogP contribution in [0.4, 0.5) is 26.3 Å². The molecular weight excluding hydrogens is 805 g/mol. The summed E-state index contributed by atoms with van der Waals surface area (Å²) in [5.41, 5.74) is 0.747. The molecule has 0 aliphatic carbocycles. The van der Waals surface area contributed by atoms with Crippen molar-refractivity contribution in [3.63, 3.8) is 0 Å². The van der Waals surface area contributed by atoms with Crippen molar-refractivity contribution >= 4 is 63.9 Å². The molecule has 0 spiro atoms. The molecule has 0 aromatic heterocycles. The Labute approximate surface area is 334 Å². The first-order chi connectivity index (χ1) is 24.1. The molecule has 0 N–H and O–H groups in total. The topological polar surface area (TPSA) is 74.8 Å². The smallest absolute Gasteiger partial charge is 0.780 e. The van der Waals surface area contributed by atoms with Gasteiger partial charge in [-0.05, 0) is 76.2 Å². The largest absolute Gasteiger partial charge is 1.00 e. The molecule has 4 amide bonds. The minimum atomic E-state index is -3.80. The Kier molecular flexibility index (Phi) is 15.5. The third-order valence-corrected chi connectivity index (χ3v) is 8.55. The number of hydrogen-bond acceptors (Lipinski definition) is 6. The zero-order chi connectivity index (χ0) is 37.3. The summed E-state index contributed by atoms with van der Waals surface area (Å²) >= 11 is 6.72. The van der Waals surface area contributed by atoms with Gasteiger partial charge in [0, 0.05) is 4.90 Å². The van der Waals surface area contributed by atoms with Gasteiger partial charge in [0.2, 0.25) is 0 Å². The normalized spacial score (nSPS) is 14.1. The summed E-state index contributed by atoms with van der Waals surface area (Å²) in [6, 6.07) is 29.5. The molecule has 0 bridgehead atoms. The molecule has 264 valence electrons. The molecular formula is C36H24BrF6N2NaO4S2. The Morgan fingerprint density at radius 1 is 0.596 bits per heavy atom. The maximum absolute atomic E-state index is 14.0. The van der Waals surface area contributed by atoms with Crippen LogP contribution in [0.1, 0.15) is 41.4 Å². The summed E-state index contributed by atoms with van der Waals surface area (Å²) in [5.74, 6) is -5.93. The number of allylic oxidation sites excluding steroid dienone is 1. The second-order valence-corrected chi connectivity index (χ2v) is 13.0. The van der Waals surface area contributed by atoms with Gasteiger partial charge < -0.3 is 12.6 Å². The number of hydrogen-bond donors (Lipinski definition) is 0. The molecule has 0 saturated carbocycles. The molecule has 0 atom stereocenters. The summed E-state index contributed by atoms with van der Waals surface area (Å²) in [7, 11) is 0. The molecule has 52 heavy (non-hydrogen) atoms. The molecule has 16 heteroatoms. The quantitative estimate of drug-likeness (QED) is 0.0524. The van der Waals surface area contributed by atoms with E-state index in [1.165, 1.54) is 36.4 Å². The van der Waals surface area contributed by atoms with Crippen LogP contribution < -0.4 is 29.6 Å².